The molecule has 1 N–H and O–H groups in total. The number of nitrogens with one attached hydrogen (secondary N) is 1. The molecular formula is C16H17N3O2. The second kappa shape index (κ2) is 4.88. The fraction of sp³-hybridized carbons (Fsp3) is 0.438. The van der Waals surface area contributed by atoms with Gasteiger partial charge in [-0.2, -0.15) is 5.26 Å². The first-order chi connectivity index (χ1) is 10.1. The highest BCUT2D eigenvalue weighted by atomic mass is 16.2. The fourth-order valence-corrected chi connectivity index (χ4v) is 3.20. The molecule has 1 aromatic carbocycles. The lowest BCUT2D eigenvalue weighted by atomic mass is 9.87. The molecule has 2 aliphatic rings. The lowest BCUT2D eigenvalue weighted by molar-refractivity contribution is -0.122. The number of nitriles is 1. The first-order valence-corrected chi connectivity index (χ1v) is 7.17. The van der Waals surface area contributed by atoms with Crippen LogP contribution in [0.4, 0.5) is 5.69 Å². The summed E-state index contributed by atoms with van der Waals surface area (Å²) >= 11 is 0. The van der Waals surface area contributed by atoms with Gasteiger partial charge in [0, 0.05) is 30.4 Å². The van der Waals surface area contributed by atoms with Gasteiger partial charge in [0.2, 0.25) is 5.91 Å². The van der Waals surface area contributed by atoms with Gasteiger partial charge in [-0.05, 0) is 25.0 Å². The molecule has 1 saturated carbocycles. The van der Waals surface area contributed by atoms with Crippen molar-refractivity contribution in [1.82, 2.24) is 4.90 Å². The third kappa shape index (κ3) is 2.07. The summed E-state index contributed by atoms with van der Waals surface area (Å²) in [6.45, 7) is 0.490. The number of carbonyl (C=O) groups excluding carboxylic acids is 2. The second-order valence-electron chi connectivity index (χ2n) is 5.85. The molecule has 0 atom stereocenters. The third-order valence-electron chi connectivity index (χ3n) is 4.50. The van der Waals surface area contributed by atoms with Crippen LogP contribution in [0.1, 0.15) is 41.6 Å². The normalized spacial score (nSPS) is 19.2. The van der Waals surface area contributed by atoms with Crippen LogP contribution in [0.5, 0.6) is 0 Å². The predicted octanol–water partition coefficient (Wildman–Crippen LogP) is 2.29. The standard InChI is InChI=1S/C16H17N3O2/c1-19-9-12-11(14(19)20)5-4-6-13(12)18-15(21)16(10-17)7-2-3-8-16/h4-6H,2-3,7-9H2,1H3,(H,18,21). The van der Waals surface area contributed by atoms with Gasteiger partial charge in [-0.1, -0.05) is 18.9 Å². The van der Waals surface area contributed by atoms with E-state index in [0.717, 1.165) is 18.4 Å². The molecule has 0 saturated heterocycles. The maximum atomic E-state index is 12.5. The zero-order chi connectivity index (χ0) is 15.0. The van der Waals surface area contributed by atoms with Gasteiger partial charge in [-0.3, -0.25) is 9.59 Å². The Bertz CT molecular complexity index is 654. The van der Waals surface area contributed by atoms with Crippen molar-refractivity contribution in [2.75, 3.05) is 12.4 Å². The molecule has 1 aliphatic heterocycles. The van der Waals surface area contributed by atoms with Crippen LogP contribution in [0.25, 0.3) is 0 Å². The van der Waals surface area contributed by atoms with E-state index in [1.54, 1.807) is 30.1 Å². The van der Waals surface area contributed by atoms with Gasteiger partial charge in [0.05, 0.1) is 6.07 Å². The van der Waals surface area contributed by atoms with Crippen molar-refractivity contribution < 1.29 is 9.59 Å². The molecule has 0 bridgehead atoms. The Balaban J connectivity index is 1.89. The molecule has 21 heavy (non-hydrogen) atoms. The lowest BCUT2D eigenvalue weighted by Crippen LogP contribution is -2.32. The summed E-state index contributed by atoms with van der Waals surface area (Å²) in [4.78, 5) is 26.1. The van der Waals surface area contributed by atoms with Gasteiger partial charge in [-0.25, -0.2) is 0 Å². The molecule has 1 heterocycles. The van der Waals surface area contributed by atoms with Gasteiger partial charge in [0.15, 0.2) is 0 Å². The number of rotatable bonds is 2. The van der Waals surface area contributed by atoms with Gasteiger partial charge in [-0.15, -0.1) is 0 Å². The van der Waals surface area contributed by atoms with Gasteiger partial charge < -0.3 is 10.2 Å². The average Bonchev–Trinajstić information content (AvgIpc) is 3.07. The fourth-order valence-electron chi connectivity index (χ4n) is 3.20. The van der Waals surface area contributed by atoms with Gasteiger partial charge in [0.1, 0.15) is 5.41 Å². The summed E-state index contributed by atoms with van der Waals surface area (Å²) in [7, 11) is 1.74. The summed E-state index contributed by atoms with van der Waals surface area (Å²) in [6, 6.07) is 7.52. The summed E-state index contributed by atoms with van der Waals surface area (Å²) in [5, 5.41) is 12.2. The maximum Gasteiger partial charge on any atom is 0.254 e. The molecule has 3 rings (SSSR count). The lowest BCUT2D eigenvalue weighted by Gasteiger charge is -2.20. The number of benzene rings is 1. The second-order valence-corrected chi connectivity index (χ2v) is 5.85. The number of amides is 2. The summed E-state index contributed by atoms with van der Waals surface area (Å²) < 4.78 is 0. The average molecular weight is 283 g/mol. The number of nitrogens with zero attached hydrogens (tertiary/aromatic N) is 2. The molecule has 5 heteroatoms. The monoisotopic (exact) mass is 283 g/mol. The molecule has 1 aliphatic carbocycles. The molecule has 108 valence electrons. The van der Waals surface area contributed by atoms with Crippen molar-refractivity contribution in [3.05, 3.63) is 29.3 Å². The van der Waals surface area contributed by atoms with E-state index in [1.165, 1.54) is 0 Å². The van der Waals surface area contributed by atoms with Crippen molar-refractivity contribution in [2.24, 2.45) is 5.41 Å². The molecule has 1 aromatic rings. The van der Waals surface area contributed by atoms with E-state index in [0.29, 0.717) is 30.6 Å². The Morgan fingerprint density at radius 1 is 1.38 bits per heavy atom. The van der Waals surface area contributed by atoms with E-state index in [9.17, 15) is 14.9 Å². The highest BCUT2D eigenvalue weighted by Crippen LogP contribution is 2.39. The van der Waals surface area contributed by atoms with Crippen LogP contribution in [0.3, 0.4) is 0 Å². The Hall–Kier alpha value is -2.35. The minimum atomic E-state index is -0.906. The van der Waals surface area contributed by atoms with Crippen LogP contribution in [0.15, 0.2) is 18.2 Å². The van der Waals surface area contributed by atoms with E-state index in [1.807, 2.05) is 0 Å². The summed E-state index contributed by atoms with van der Waals surface area (Å²) in [5.41, 5.74) is 1.21. The largest absolute Gasteiger partial charge is 0.337 e. The van der Waals surface area contributed by atoms with E-state index in [2.05, 4.69) is 11.4 Å². The minimum absolute atomic E-state index is 0.0306. The van der Waals surface area contributed by atoms with Crippen molar-refractivity contribution in [3.8, 4) is 6.07 Å². The first kappa shape index (κ1) is 13.6. The minimum Gasteiger partial charge on any atom is -0.337 e. The van der Waals surface area contributed by atoms with Crippen LogP contribution >= 0.6 is 0 Å². The van der Waals surface area contributed by atoms with Crippen molar-refractivity contribution in [3.63, 3.8) is 0 Å². The van der Waals surface area contributed by atoms with E-state index < -0.39 is 5.41 Å². The van der Waals surface area contributed by atoms with Crippen LogP contribution in [-0.2, 0) is 11.3 Å². The van der Waals surface area contributed by atoms with Crippen molar-refractivity contribution >= 4 is 17.5 Å². The Morgan fingerprint density at radius 3 is 2.76 bits per heavy atom. The SMILES string of the molecule is CN1Cc2c(NC(=O)C3(C#N)CCCC3)cccc2C1=O. The molecule has 1 fully saturated rings. The number of carbonyl (C=O) groups is 2. The van der Waals surface area contributed by atoms with Crippen LogP contribution in [-0.4, -0.2) is 23.8 Å². The Labute approximate surface area is 123 Å². The third-order valence-corrected chi connectivity index (χ3v) is 4.50. The van der Waals surface area contributed by atoms with E-state index >= 15 is 0 Å². The highest BCUT2D eigenvalue weighted by molar-refractivity contribution is 6.03. The topological polar surface area (TPSA) is 73.2 Å². The van der Waals surface area contributed by atoms with Crippen molar-refractivity contribution in [2.45, 2.75) is 32.2 Å². The smallest absolute Gasteiger partial charge is 0.254 e. The zero-order valence-electron chi connectivity index (χ0n) is 12.0. The number of anilines is 1. The van der Waals surface area contributed by atoms with Gasteiger partial charge in [0.25, 0.3) is 5.91 Å². The van der Waals surface area contributed by atoms with E-state index in [4.69, 9.17) is 0 Å². The van der Waals surface area contributed by atoms with Crippen LogP contribution in [0, 0.1) is 16.7 Å². The van der Waals surface area contributed by atoms with E-state index in [-0.39, 0.29) is 11.8 Å². The Morgan fingerprint density at radius 2 is 2.10 bits per heavy atom. The first-order valence-electron chi connectivity index (χ1n) is 7.17. The molecular weight excluding hydrogens is 266 g/mol. The van der Waals surface area contributed by atoms with Crippen molar-refractivity contribution in [1.29, 1.82) is 5.26 Å². The molecule has 0 unspecified atom stereocenters. The number of hydrogen-bond donors (Lipinski definition) is 1. The Kier molecular flexibility index (Phi) is 3.17. The molecule has 0 radical (unpaired) electrons. The van der Waals surface area contributed by atoms with Crippen LogP contribution < -0.4 is 5.32 Å². The highest BCUT2D eigenvalue weighted by Gasteiger charge is 2.42. The van der Waals surface area contributed by atoms with Gasteiger partial charge >= 0.3 is 0 Å². The maximum absolute atomic E-state index is 12.5. The quantitative estimate of drug-likeness (QED) is 0.905. The van der Waals surface area contributed by atoms with Crippen LogP contribution in [0.2, 0.25) is 0 Å². The zero-order valence-corrected chi connectivity index (χ0v) is 12.0. The number of hydrogen-bond acceptors (Lipinski definition) is 3. The molecule has 5 nitrogen and oxygen atoms in total. The molecule has 0 spiro atoms. The predicted molar refractivity (Wildman–Crippen MR) is 77.4 cm³/mol. The molecule has 0 aromatic heterocycles. The number of fused-ring (bicyclic) bond motifs is 1. The molecule has 2 amide bonds. The summed E-state index contributed by atoms with van der Waals surface area (Å²) in [6.07, 6.45) is 3.05. The summed E-state index contributed by atoms with van der Waals surface area (Å²) in [5.74, 6) is -0.269.